The van der Waals surface area contributed by atoms with E-state index in [0.29, 0.717) is 5.65 Å². The van der Waals surface area contributed by atoms with Crippen molar-refractivity contribution in [2.24, 2.45) is 0 Å². The first kappa shape index (κ1) is 9.59. The van der Waals surface area contributed by atoms with Crippen molar-refractivity contribution in [3.8, 4) is 11.3 Å². The maximum atomic E-state index is 11.7. The van der Waals surface area contributed by atoms with E-state index in [0.717, 1.165) is 11.3 Å². The molecule has 3 heterocycles. The van der Waals surface area contributed by atoms with Crippen LogP contribution in [0.25, 0.3) is 16.9 Å². The number of H-pyrrole nitrogens is 1. The normalized spacial score (nSPS) is 10.8. The fraction of sp³-hybridized carbons (Fsp3) is 0. The van der Waals surface area contributed by atoms with Gasteiger partial charge in [-0.2, -0.15) is 4.52 Å². The van der Waals surface area contributed by atoms with Gasteiger partial charge in [0.2, 0.25) is 0 Å². The minimum atomic E-state index is -0.296. The van der Waals surface area contributed by atoms with Crippen molar-refractivity contribution in [1.82, 2.24) is 19.6 Å². The van der Waals surface area contributed by atoms with Gasteiger partial charge in [0, 0.05) is 24.0 Å². The average Bonchev–Trinajstić information content (AvgIpc) is 2.80. The highest BCUT2D eigenvalue weighted by Crippen LogP contribution is 2.16. The van der Waals surface area contributed by atoms with Crippen molar-refractivity contribution < 1.29 is 0 Å². The molecule has 84 valence electrons. The molecule has 6 heteroatoms. The Labute approximate surface area is 95.7 Å². The summed E-state index contributed by atoms with van der Waals surface area (Å²) in [6, 6.07) is 5.48. The molecule has 0 fully saturated rings. The number of aromatic nitrogens is 4. The van der Waals surface area contributed by atoms with Gasteiger partial charge in [0.25, 0.3) is 5.56 Å². The monoisotopic (exact) mass is 227 g/mol. The van der Waals surface area contributed by atoms with Crippen LogP contribution in [0.5, 0.6) is 0 Å². The zero-order chi connectivity index (χ0) is 11.8. The van der Waals surface area contributed by atoms with Crippen LogP contribution in [0.15, 0.2) is 41.6 Å². The van der Waals surface area contributed by atoms with Gasteiger partial charge in [-0.25, -0.2) is 4.98 Å². The van der Waals surface area contributed by atoms with E-state index in [9.17, 15) is 4.79 Å². The minimum Gasteiger partial charge on any atom is -0.393 e. The maximum absolute atomic E-state index is 11.7. The second kappa shape index (κ2) is 3.44. The number of aromatic amines is 1. The molecule has 3 N–H and O–H groups in total. The number of nitrogens with two attached hydrogens (primary N) is 1. The molecule has 3 rings (SSSR count). The smallest absolute Gasteiger partial charge is 0.295 e. The largest absolute Gasteiger partial charge is 0.393 e. The fourth-order valence-electron chi connectivity index (χ4n) is 1.65. The fourth-order valence-corrected chi connectivity index (χ4v) is 1.65. The number of nitrogens with zero attached hydrogens (tertiary/aromatic N) is 3. The van der Waals surface area contributed by atoms with Crippen LogP contribution in [0.4, 0.5) is 5.69 Å². The van der Waals surface area contributed by atoms with Gasteiger partial charge in [0.05, 0.1) is 11.9 Å². The second-order valence-electron chi connectivity index (χ2n) is 3.62. The summed E-state index contributed by atoms with van der Waals surface area (Å²) in [5, 5.41) is 2.95. The van der Waals surface area contributed by atoms with E-state index in [4.69, 9.17) is 5.73 Å². The first-order valence-electron chi connectivity index (χ1n) is 5.02. The lowest BCUT2D eigenvalue weighted by Gasteiger charge is -1.95. The SMILES string of the molecule is Nc1cnc2cc(-c3ccncc3)[nH]n2c1=O. The predicted molar refractivity (Wildman–Crippen MR) is 63.5 cm³/mol. The Morgan fingerprint density at radius 2 is 2.06 bits per heavy atom. The second-order valence-corrected chi connectivity index (χ2v) is 3.62. The highest BCUT2D eigenvalue weighted by molar-refractivity contribution is 5.63. The molecule has 17 heavy (non-hydrogen) atoms. The van der Waals surface area contributed by atoms with Crippen LogP contribution in [0, 0.1) is 0 Å². The summed E-state index contributed by atoms with van der Waals surface area (Å²) >= 11 is 0. The molecule has 0 atom stereocenters. The third-order valence-electron chi connectivity index (χ3n) is 2.51. The van der Waals surface area contributed by atoms with Gasteiger partial charge < -0.3 is 5.73 Å². The van der Waals surface area contributed by atoms with Crippen LogP contribution in [0.1, 0.15) is 0 Å². The summed E-state index contributed by atoms with van der Waals surface area (Å²) in [5.41, 5.74) is 7.59. The Balaban J connectivity index is 2.28. The van der Waals surface area contributed by atoms with Crippen LogP contribution >= 0.6 is 0 Å². The molecule has 0 saturated carbocycles. The van der Waals surface area contributed by atoms with Crippen LogP contribution in [0.3, 0.4) is 0 Å². The Hall–Kier alpha value is -2.63. The molecule has 0 aliphatic rings. The third-order valence-corrected chi connectivity index (χ3v) is 2.51. The topological polar surface area (TPSA) is 89.1 Å². The number of nitrogen functional groups attached to an aromatic ring is 1. The lowest BCUT2D eigenvalue weighted by atomic mass is 10.2. The zero-order valence-electron chi connectivity index (χ0n) is 8.79. The maximum Gasteiger partial charge on any atom is 0.295 e. The molecular formula is C11H9N5O. The standard InChI is InChI=1S/C11H9N5O/c12-8-6-14-10-5-9(15-16(10)11(8)17)7-1-3-13-4-2-7/h1-6,15H,12H2. The van der Waals surface area contributed by atoms with Crippen LogP contribution in [-0.2, 0) is 0 Å². The molecule has 0 saturated heterocycles. The molecule has 0 aliphatic heterocycles. The average molecular weight is 227 g/mol. The molecule has 0 bridgehead atoms. The van der Waals surface area contributed by atoms with Crippen molar-refractivity contribution in [3.05, 3.63) is 47.1 Å². The van der Waals surface area contributed by atoms with Crippen LogP contribution in [0.2, 0.25) is 0 Å². The summed E-state index contributed by atoms with van der Waals surface area (Å²) in [4.78, 5) is 19.7. The van der Waals surface area contributed by atoms with E-state index in [1.54, 1.807) is 18.5 Å². The molecule has 3 aromatic heterocycles. The number of anilines is 1. The van der Waals surface area contributed by atoms with Gasteiger partial charge >= 0.3 is 0 Å². The summed E-state index contributed by atoms with van der Waals surface area (Å²) in [6.07, 6.45) is 4.73. The highest BCUT2D eigenvalue weighted by Gasteiger charge is 2.06. The molecule has 0 aliphatic carbocycles. The van der Waals surface area contributed by atoms with E-state index >= 15 is 0 Å². The third kappa shape index (κ3) is 1.46. The van der Waals surface area contributed by atoms with Gasteiger partial charge in [-0.05, 0) is 12.1 Å². The number of hydrogen-bond donors (Lipinski definition) is 2. The zero-order valence-corrected chi connectivity index (χ0v) is 8.79. The number of rotatable bonds is 1. The number of hydrogen-bond acceptors (Lipinski definition) is 4. The van der Waals surface area contributed by atoms with Crippen molar-refractivity contribution in [1.29, 1.82) is 0 Å². The van der Waals surface area contributed by atoms with Crippen molar-refractivity contribution in [2.75, 3.05) is 5.73 Å². The highest BCUT2D eigenvalue weighted by atomic mass is 16.1. The predicted octanol–water partition coefficient (Wildman–Crippen LogP) is 0.667. The Kier molecular flexibility index (Phi) is 1.94. The van der Waals surface area contributed by atoms with Gasteiger partial charge in [-0.15, -0.1) is 0 Å². The van der Waals surface area contributed by atoms with Gasteiger partial charge in [-0.1, -0.05) is 0 Å². The summed E-state index contributed by atoms with van der Waals surface area (Å²) < 4.78 is 1.32. The van der Waals surface area contributed by atoms with E-state index in [2.05, 4.69) is 15.1 Å². The summed E-state index contributed by atoms with van der Waals surface area (Å²) in [6.45, 7) is 0. The van der Waals surface area contributed by atoms with Crippen LogP contribution in [-0.4, -0.2) is 19.6 Å². The molecule has 0 radical (unpaired) electrons. The van der Waals surface area contributed by atoms with E-state index < -0.39 is 0 Å². The van der Waals surface area contributed by atoms with Gasteiger partial charge in [-0.3, -0.25) is 14.9 Å². The van der Waals surface area contributed by atoms with E-state index in [1.165, 1.54) is 10.7 Å². The minimum absolute atomic E-state index is 0.116. The molecule has 6 nitrogen and oxygen atoms in total. The van der Waals surface area contributed by atoms with E-state index in [1.807, 2.05) is 12.1 Å². The first-order valence-corrected chi connectivity index (χ1v) is 5.02. The van der Waals surface area contributed by atoms with Crippen molar-refractivity contribution in [2.45, 2.75) is 0 Å². The summed E-state index contributed by atoms with van der Waals surface area (Å²) in [7, 11) is 0. The number of pyridine rings is 1. The van der Waals surface area contributed by atoms with E-state index in [-0.39, 0.29) is 11.2 Å². The molecular weight excluding hydrogens is 218 g/mol. The molecule has 0 spiro atoms. The number of nitrogens with one attached hydrogen (secondary N) is 1. The summed E-state index contributed by atoms with van der Waals surface area (Å²) in [5.74, 6) is 0. The lowest BCUT2D eigenvalue weighted by Crippen LogP contribution is -2.18. The first-order chi connectivity index (χ1) is 8.25. The molecule has 3 aromatic rings. The van der Waals surface area contributed by atoms with Crippen LogP contribution < -0.4 is 11.3 Å². The lowest BCUT2D eigenvalue weighted by molar-refractivity contribution is 0.907. The molecule has 0 unspecified atom stereocenters. The Morgan fingerprint density at radius 1 is 1.29 bits per heavy atom. The molecule has 0 amide bonds. The Bertz CT molecular complexity index is 728. The van der Waals surface area contributed by atoms with Gasteiger partial charge in [0.15, 0.2) is 5.65 Å². The Morgan fingerprint density at radius 3 is 2.82 bits per heavy atom. The van der Waals surface area contributed by atoms with Crippen molar-refractivity contribution in [3.63, 3.8) is 0 Å². The quantitative estimate of drug-likeness (QED) is 0.639. The van der Waals surface area contributed by atoms with Crippen molar-refractivity contribution >= 4 is 11.3 Å². The molecule has 0 aromatic carbocycles. The van der Waals surface area contributed by atoms with Gasteiger partial charge in [0.1, 0.15) is 5.69 Å². The number of fused-ring (bicyclic) bond motifs is 1.